The number of carbonyl (C=O) groups excluding carboxylic acids is 1. The minimum atomic E-state index is -1.75. The highest BCUT2D eigenvalue weighted by atomic mass is 16.5. The van der Waals surface area contributed by atoms with Gasteiger partial charge in [-0.05, 0) is 11.6 Å². The summed E-state index contributed by atoms with van der Waals surface area (Å²) >= 11 is 0. The Morgan fingerprint density at radius 2 is 1.81 bits per heavy atom. The third kappa shape index (κ3) is 4.00. The first kappa shape index (κ1) is 17.9. The Balaban J connectivity index is 1.57. The Morgan fingerprint density at radius 3 is 2.38 bits per heavy atom. The molecule has 1 fully saturated rings. The molecule has 0 atom stereocenters. The van der Waals surface area contributed by atoms with Crippen molar-refractivity contribution in [3.63, 3.8) is 0 Å². The monoisotopic (exact) mass is 356 g/mol. The van der Waals surface area contributed by atoms with Gasteiger partial charge in [0.25, 0.3) is 5.91 Å². The van der Waals surface area contributed by atoms with Crippen molar-refractivity contribution in [2.75, 3.05) is 13.1 Å². The van der Waals surface area contributed by atoms with Gasteiger partial charge in [-0.2, -0.15) is 0 Å². The number of carboxylic acids is 1. The number of carboxylic acid groups (broad SMARTS) is 1. The molecule has 1 aliphatic rings. The van der Waals surface area contributed by atoms with Crippen LogP contribution in [0.25, 0.3) is 0 Å². The molecule has 1 saturated heterocycles. The molecule has 2 heterocycles. The highest BCUT2D eigenvalue weighted by molar-refractivity contribution is 5.94. The maximum absolute atomic E-state index is 12.5. The maximum atomic E-state index is 12.5. The van der Waals surface area contributed by atoms with Crippen molar-refractivity contribution >= 4 is 11.9 Å². The molecule has 0 saturated carbocycles. The van der Waals surface area contributed by atoms with E-state index in [0.717, 1.165) is 5.56 Å². The van der Waals surface area contributed by atoms with Crippen LogP contribution >= 0.6 is 0 Å². The lowest BCUT2D eigenvalue weighted by Gasteiger charge is -2.35. The van der Waals surface area contributed by atoms with Crippen LogP contribution in [0, 0.1) is 0 Å². The van der Waals surface area contributed by atoms with Gasteiger partial charge in [0.05, 0.1) is 5.56 Å². The van der Waals surface area contributed by atoms with Crippen molar-refractivity contribution in [2.24, 2.45) is 0 Å². The van der Waals surface area contributed by atoms with Gasteiger partial charge in [0.15, 0.2) is 5.60 Å². The number of rotatable bonds is 5. The van der Waals surface area contributed by atoms with Gasteiger partial charge in [-0.25, -0.2) is 9.78 Å². The predicted octanol–water partition coefficient (Wildman–Crippen LogP) is 1.71. The maximum Gasteiger partial charge on any atom is 0.335 e. The summed E-state index contributed by atoms with van der Waals surface area (Å²) in [6.07, 6.45) is 1.47. The number of hydrogen-bond donors (Lipinski definition) is 2. The van der Waals surface area contributed by atoms with Gasteiger partial charge in [0.2, 0.25) is 5.88 Å². The second-order valence-corrected chi connectivity index (χ2v) is 6.29. The zero-order valence-corrected chi connectivity index (χ0v) is 14.2. The largest absolute Gasteiger partial charge is 0.479 e. The van der Waals surface area contributed by atoms with E-state index in [0.29, 0.717) is 18.1 Å². The number of piperidine rings is 1. The molecule has 0 unspecified atom stereocenters. The Kier molecular flexibility index (Phi) is 5.18. The number of benzene rings is 1. The number of likely N-dealkylation sites (tertiary alicyclic amines) is 1. The quantitative estimate of drug-likeness (QED) is 0.846. The van der Waals surface area contributed by atoms with Crippen LogP contribution in [-0.2, 0) is 11.4 Å². The number of pyridine rings is 1. The third-order valence-corrected chi connectivity index (χ3v) is 4.49. The van der Waals surface area contributed by atoms with Crippen molar-refractivity contribution in [3.8, 4) is 5.88 Å². The van der Waals surface area contributed by atoms with Crippen molar-refractivity contribution in [2.45, 2.75) is 25.0 Å². The Morgan fingerprint density at radius 1 is 1.12 bits per heavy atom. The summed E-state index contributed by atoms with van der Waals surface area (Å²) in [7, 11) is 0. The number of aliphatic carboxylic acids is 1. The summed E-state index contributed by atoms with van der Waals surface area (Å²) in [6, 6.07) is 13.0. The molecule has 0 aliphatic carbocycles. The molecular weight excluding hydrogens is 336 g/mol. The van der Waals surface area contributed by atoms with Crippen molar-refractivity contribution in [1.82, 2.24) is 9.88 Å². The van der Waals surface area contributed by atoms with E-state index in [4.69, 9.17) is 9.84 Å². The van der Waals surface area contributed by atoms with Gasteiger partial charge < -0.3 is 19.8 Å². The average Bonchev–Trinajstić information content (AvgIpc) is 2.67. The smallest absolute Gasteiger partial charge is 0.335 e. The number of amides is 1. The van der Waals surface area contributed by atoms with E-state index in [-0.39, 0.29) is 31.8 Å². The molecule has 0 spiro atoms. The van der Waals surface area contributed by atoms with E-state index >= 15 is 0 Å². The van der Waals surface area contributed by atoms with Gasteiger partial charge in [-0.1, -0.05) is 30.3 Å². The third-order valence-electron chi connectivity index (χ3n) is 4.49. The van der Waals surface area contributed by atoms with Crippen LogP contribution in [0.5, 0.6) is 5.88 Å². The molecule has 136 valence electrons. The first-order valence-electron chi connectivity index (χ1n) is 8.36. The molecule has 1 aromatic heterocycles. The minimum absolute atomic E-state index is 0.0137. The molecule has 26 heavy (non-hydrogen) atoms. The highest BCUT2D eigenvalue weighted by Crippen LogP contribution is 2.23. The topological polar surface area (TPSA) is 100.0 Å². The van der Waals surface area contributed by atoms with E-state index < -0.39 is 11.6 Å². The number of aromatic nitrogens is 1. The zero-order chi connectivity index (χ0) is 18.6. The molecule has 7 heteroatoms. The van der Waals surface area contributed by atoms with Crippen LogP contribution < -0.4 is 4.74 Å². The van der Waals surface area contributed by atoms with Crippen molar-refractivity contribution in [3.05, 3.63) is 59.8 Å². The molecule has 1 aromatic carbocycles. The van der Waals surface area contributed by atoms with Crippen LogP contribution in [-0.4, -0.2) is 50.7 Å². The number of carbonyl (C=O) groups is 2. The molecule has 0 bridgehead atoms. The summed E-state index contributed by atoms with van der Waals surface area (Å²) in [5.74, 6) is -1.06. The van der Waals surface area contributed by atoms with E-state index in [2.05, 4.69) is 4.98 Å². The van der Waals surface area contributed by atoms with E-state index in [1.54, 1.807) is 12.1 Å². The molecule has 1 aliphatic heterocycles. The number of hydrogen-bond acceptors (Lipinski definition) is 5. The van der Waals surface area contributed by atoms with Gasteiger partial charge in [-0.3, -0.25) is 4.79 Å². The van der Waals surface area contributed by atoms with Crippen molar-refractivity contribution in [1.29, 1.82) is 0 Å². The summed E-state index contributed by atoms with van der Waals surface area (Å²) in [6.45, 7) is 0.767. The Hall–Kier alpha value is -2.93. The van der Waals surface area contributed by atoms with Gasteiger partial charge in [0, 0.05) is 38.2 Å². The van der Waals surface area contributed by atoms with E-state index in [1.165, 1.54) is 11.1 Å². The number of nitrogens with zero attached hydrogens (tertiary/aromatic N) is 2. The first-order chi connectivity index (χ1) is 12.5. The van der Waals surface area contributed by atoms with E-state index in [9.17, 15) is 14.7 Å². The van der Waals surface area contributed by atoms with Gasteiger partial charge in [0.1, 0.15) is 6.61 Å². The molecule has 7 nitrogen and oxygen atoms in total. The molecule has 2 N–H and O–H groups in total. The number of aliphatic hydroxyl groups is 1. The van der Waals surface area contributed by atoms with E-state index in [1.807, 2.05) is 30.3 Å². The van der Waals surface area contributed by atoms with Gasteiger partial charge in [-0.15, -0.1) is 0 Å². The normalized spacial score (nSPS) is 16.1. The Labute approximate surface area is 150 Å². The summed E-state index contributed by atoms with van der Waals surface area (Å²) in [5.41, 5.74) is -0.323. The molecule has 0 radical (unpaired) electrons. The lowest BCUT2D eigenvalue weighted by Crippen LogP contribution is -2.50. The van der Waals surface area contributed by atoms with Crippen LogP contribution in [0.15, 0.2) is 48.7 Å². The fourth-order valence-corrected chi connectivity index (χ4v) is 2.80. The lowest BCUT2D eigenvalue weighted by atomic mass is 9.91. The summed E-state index contributed by atoms with van der Waals surface area (Å²) in [4.78, 5) is 29.2. The highest BCUT2D eigenvalue weighted by Gasteiger charge is 2.40. The first-order valence-corrected chi connectivity index (χ1v) is 8.36. The predicted molar refractivity (Wildman–Crippen MR) is 92.7 cm³/mol. The standard InChI is InChI=1S/C19H20N2O5/c22-17(21-10-8-19(25,9-11-21)18(23)24)15-6-7-16(20-12-15)26-13-14-4-2-1-3-5-14/h1-7,12,25H,8-11,13H2,(H,23,24). The second kappa shape index (κ2) is 7.53. The molecular formula is C19H20N2O5. The fourth-order valence-electron chi connectivity index (χ4n) is 2.80. The lowest BCUT2D eigenvalue weighted by molar-refractivity contribution is -0.162. The molecule has 3 rings (SSSR count). The second-order valence-electron chi connectivity index (χ2n) is 6.29. The van der Waals surface area contributed by atoms with Gasteiger partial charge >= 0.3 is 5.97 Å². The van der Waals surface area contributed by atoms with Crippen LogP contribution in [0.2, 0.25) is 0 Å². The van der Waals surface area contributed by atoms with Crippen LogP contribution in [0.1, 0.15) is 28.8 Å². The fraction of sp³-hybridized carbons (Fsp3) is 0.316. The SMILES string of the molecule is O=C(c1ccc(OCc2ccccc2)nc1)N1CCC(O)(C(=O)O)CC1. The number of ether oxygens (including phenoxy) is 1. The average molecular weight is 356 g/mol. The summed E-state index contributed by atoms with van der Waals surface area (Å²) < 4.78 is 5.59. The zero-order valence-electron chi connectivity index (χ0n) is 14.2. The summed E-state index contributed by atoms with van der Waals surface area (Å²) in [5, 5.41) is 19.0. The molecule has 2 aromatic rings. The van der Waals surface area contributed by atoms with Crippen LogP contribution in [0.3, 0.4) is 0 Å². The minimum Gasteiger partial charge on any atom is -0.479 e. The van der Waals surface area contributed by atoms with Crippen molar-refractivity contribution < 1.29 is 24.5 Å². The molecule has 1 amide bonds. The Bertz CT molecular complexity index is 768. The van der Waals surface area contributed by atoms with Crippen LogP contribution in [0.4, 0.5) is 0 Å².